The zero-order valence-corrected chi connectivity index (χ0v) is 16.1. The number of benzene rings is 3. The lowest BCUT2D eigenvalue weighted by molar-refractivity contribution is -0.112. The molecule has 1 radical (unpaired) electrons. The van der Waals surface area contributed by atoms with Crippen molar-refractivity contribution >= 4 is 28.6 Å². The number of carbonyl (C=O) groups is 1. The summed E-state index contributed by atoms with van der Waals surface area (Å²) >= 11 is 0. The van der Waals surface area contributed by atoms with Gasteiger partial charge in [0.25, 0.3) is 0 Å². The van der Waals surface area contributed by atoms with Gasteiger partial charge >= 0.3 is 0 Å². The molecule has 0 spiro atoms. The number of ketones is 1. The zero-order valence-electron chi connectivity index (χ0n) is 16.1. The van der Waals surface area contributed by atoms with Crippen LogP contribution in [0.1, 0.15) is 36.5 Å². The van der Waals surface area contributed by atoms with Crippen LogP contribution in [0, 0.1) is 11.3 Å². The van der Waals surface area contributed by atoms with E-state index >= 15 is 0 Å². The van der Waals surface area contributed by atoms with Gasteiger partial charge in [0.05, 0.1) is 5.71 Å². The minimum absolute atomic E-state index is 0.0402. The van der Waals surface area contributed by atoms with E-state index in [1.54, 1.807) is 6.07 Å². The fraction of sp³-hybridized carbons (Fsp3) is 0.240. The Bertz CT molecular complexity index is 992. The Hall–Kier alpha value is -3.07. The maximum atomic E-state index is 12.5. The summed E-state index contributed by atoms with van der Waals surface area (Å²) in [5.41, 5.74) is 2.87. The SMILES string of the molecule is CC[C@@H](CCc1ccc2ccc([C]=O)cc2c1)C(=N)C(=O)Cc1ccccc1. The van der Waals surface area contributed by atoms with Crippen molar-refractivity contribution in [2.24, 2.45) is 5.92 Å². The summed E-state index contributed by atoms with van der Waals surface area (Å²) in [6.45, 7) is 2.03. The van der Waals surface area contributed by atoms with Gasteiger partial charge in [-0.25, -0.2) is 0 Å². The third-order valence-corrected chi connectivity index (χ3v) is 5.21. The highest BCUT2D eigenvalue weighted by molar-refractivity contribution is 6.39. The molecule has 28 heavy (non-hydrogen) atoms. The van der Waals surface area contributed by atoms with Crippen molar-refractivity contribution in [1.29, 1.82) is 5.41 Å². The molecular formula is C25H24NO2. The van der Waals surface area contributed by atoms with Crippen LogP contribution in [-0.2, 0) is 22.4 Å². The van der Waals surface area contributed by atoms with Gasteiger partial charge in [-0.2, -0.15) is 0 Å². The Morgan fingerprint density at radius 2 is 1.71 bits per heavy atom. The third kappa shape index (κ3) is 4.80. The summed E-state index contributed by atoms with van der Waals surface area (Å²) in [6, 6.07) is 21.3. The van der Waals surface area contributed by atoms with E-state index in [-0.39, 0.29) is 23.8 Å². The van der Waals surface area contributed by atoms with Gasteiger partial charge in [0.15, 0.2) is 5.78 Å². The molecule has 0 amide bonds. The molecule has 0 aliphatic carbocycles. The van der Waals surface area contributed by atoms with Gasteiger partial charge in [-0.15, -0.1) is 0 Å². The maximum absolute atomic E-state index is 12.5. The normalized spacial score (nSPS) is 11.9. The van der Waals surface area contributed by atoms with Crippen LogP contribution in [0.2, 0.25) is 0 Å². The highest BCUT2D eigenvalue weighted by Crippen LogP contribution is 2.21. The molecule has 1 N–H and O–H groups in total. The van der Waals surface area contributed by atoms with Gasteiger partial charge in [-0.05, 0) is 47.2 Å². The van der Waals surface area contributed by atoms with E-state index in [0.29, 0.717) is 5.56 Å². The number of hydrogen-bond donors (Lipinski definition) is 1. The molecule has 3 aromatic rings. The second-order valence-electron chi connectivity index (χ2n) is 7.14. The van der Waals surface area contributed by atoms with Crippen LogP contribution in [0.25, 0.3) is 10.8 Å². The Morgan fingerprint density at radius 3 is 2.43 bits per heavy atom. The second-order valence-corrected chi connectivity index (χ2v) is 7.14. The molecule has 1 atom stereocenters. The Balaban J connectivity index is 1.65. The minimum Gasteiger partial charge on any atom is -0.301 e. The van der Waals surface area contributed by atoms with Crippen LogP contribution in [0.4, 0.5) is 0 Å². The molecule has 0 aliphatic rings. The van der Waals surface area contributed by atoms with Crippen molar-refractivity contribution < 1.29 is 9.59 Å². The number of aryl methyl sites for hydroxylation is 1. The summed E-state index contributed by atoms with van der Waals surface area (Å²) in [7, 11) is 0. The number of nitrogens with one attached hydrogen (secondary N) is 1. The highest BCUT2D eigenvalue weighted by Gasteiger charge is 2.20. The Labute approximate surface area is 165 Å². The standard InChI is InChI=1S/C25H24NO2/c1-2-21(25(26)24(28)16-18-6-4-3-5-7-18)11-8-19-9-12-22-13-10-20(17-27)15-23(22)14-19/h3-7,9-10,12-15,21,26H,2,8,11,16H2,1H3/t21-/m0/s1. The van der Waals surface area contributed by atoms with Crippen molar-refractivity contribution in [2.75, 3.05) is 0 Å². The molecule has 0 bridgehead atoms. The molecular weight excluding hydrogens is 346 g/mol. The topological polar surface area (TPSA) is 58.0 Å². The molecule has 3 heteroatoms. The number of carbonyl (C=O) groups excluding carboxylic acids is 2. The van der Waals surface area contributed by atoms with Crippen molar-refractivity contribution in [3.63, 3.8) is 0 Å². The first kappa shape index (κ1) is 19.7. The quantitative estimate of drug-likeness (QED) is 0.534. The van der Waals surface area contributed by atoms with E-state index in [4.69, 9.17) is 5.41 Å². The third-order valence-electron chi connectivity index (χ3n) is 5.21. The van der Waals surface area contributed by atoms with Gasteiger partial charge in [0.2, 0.25) is 6.29 Å². The first-order valence-electron chi connectivity index (χ1n) is 9.67. The lowest BCUT2D eigenvalue weighted by Crippen LogP contribution is -2.24. The molecule has 3 nitrogen and oxygen atoms in total. The van der Waals surface area contributed by atoms with Gasteiger partial charge in [-0.3, -0.25) is 9.59 Å². The van der Waals surface area contributed by atoms with Gasteiger partial charge in [-0.1, -0.05) is 67.6 Å². The van der Waals surface area contributed by atoms with E-state index in [1.165, 1.54) is 0 Å². The van der Waals surface area contributed by atoms with Crippen LogP contribution in [0.3, 0.4) is 0 Å². The van der Waals surface area contributed by atoms with Gasteiger partial charge in [0, 0.05) is 17.9 Å². The molecule has 0 fully saturated rings. The Kier molecular flexibility index (Phi) is 6.49. The van der Waals surface area contributed by atoms with E-state index in [1.807, 2.05) is 61.7 Å². The number of fused-ring (bicyclic) bond motifs is 1. The maximum Gasteiger partial charge on any atom is 0.233 e. The molecule has 141 valence electrons. The average molecular weight is 370 g/mol. The van der Waals surface area contributed by atoms with Crippen LogP contribution >= 0.6 is 0 Å². The smallest absolute Gasteiger partial charge is 0.233 e. The zero-order chi connectivity index (χ0) is 19.9. The predicted molar refractivity (Wildman–Crippen MR) is 114 cm³/mol. The van der Waals surface area contributed by atoms with Crippen molar-refractivity contribution in [3.8, 4) is 0 Å². The molecule has 3 aromatic carbocycles. The summed E-state index contributed by atoms with van der Waals surface area (Å²) in [6.07, 6.45) is 4.55. The van der Waals surface area contributed by atoms with Gasteiger partial charge in [0.1, 0.15) is 0 Å². The van der Waals surface area contributed by atoms with Crippen LogP contribution in [0.5, 0.6) is 0 Å². The van der Waals surface area contributed by atoms with E-state index in [2.05, 4.69) is 12.1 Å². The number of hydrogen-bond acceptors (Lipinski definition) is 3. The first-order valence-corrected chi connectivity index (χ1v) is 9.67. The summed E-state index contributed by atoms with van der Waals surface area (Å²) < 4.78 is 0. The first-order chi connectivity index (χ1) is 13.6. The van der Waals surface area contributed by atoms with E-state index in [0.717, 1.165) is 41.2 Å². The molecule has 0 aliphatic heterocycles. The monoisotopic (exact) mass is 370 g/mol. The molecule has 0 saturated heterocycles. The van der Waals surface area contributed by atoms with Crippen LogP contribution in [0.15, 0.2) is 66.7 Å². The highest BCUT2D eigenvalue weighted by atomic mass is 16.1. The number of Topliss-reactive ketones (excluding diaryl/α,β-unsaturated/α-hetero) is 1. The fourth-order valence-electron chi connectivity index (χ4n) is 3.51. The van der Waals surface area contributed by atoms with E-state index in [9.17, 15) is 9.59 Å². The lowest BCUT2D eigenvalue weighted by atomic mass is 9.88. The van der Waals surface area contributed by atoms with Crippen molar-refractivity contribution in [3.05, 3.63) is 83.4 Å². The molecule has 3 rings (SSSR count). The average Bonchev–Trinajstić information content (AvgIpc) is 2.74. The van der Waals surface area contributed by atoms with Crippen LogP contribution in [-0.4, -0.2) is 17.8 Å². The van der Waals surface area contributed by atoms with Crippen molar-refractivity contribution in [2.45, 2.75) is 32.6 Å². The Morgan fingerprint density at radius 1 is 0.964 bits per heavy atom. The second kappa shape index (κ2) is 9.23. The van der Waals surface area contributed by atoms with Gasteiger partial charge < -0.3 is 5.41 Å². The lowest BCUT2D eigenvalue weighted by Gasteiger charge is -2.16. The summed E-state index contributed by atoms with van der Waals surface area (Å²) in [4.78, 5) is 23.4. The molecule has 0 aromatic heterocycles. The van der Waals surface area contributed by atoms with E-state index < -0.39 is 0 Å². The fourth-order valence-corrected chi connectivity index (χ4v) is 3.51. The molecule has 0 heterocycles. The molecule has 0 unspecified atom stereocenters. The summed E-state index contributed by atoms with van der Waals surface area (Å²) in [5, 5.41) is 10.5. The minimum atomic E-state index is -0.0947. The summed E-state index contributed by atoms with van der Waals surface area (Å²) in [5.74, 6) is -0.135. The largest absolute Gasteiger partial charge is 0.301 e. The number of rotatable bonds is 9. The predicted octanol–water partition coefficient (Wildman–Crippen LogP) is 5.09. The molecule has 0 saturated carbocycles. The van der Waals surface area contributed by atoms with Crippen LogP contribution < -0.4 is 0 Å². The van der Waals surface area contributed by atoms with Crippen molar-refractivity contribution in [1.82, 2.24) is 0 Å².